The molecule has 1 saturated heterocycles. The van der Waals surface area contributed by atoms with Crippen LogP contribution in [-0.2, 0) is 6.18 Å². The van der Waals surface area contributed by atoms with E-state index in [0.29, 0.717) is 34.3 Å². The highest BCUT2D eigenvalue weighted by Crippen LogP contribution is 2.36. The highest BCUT2D eigenvalue weighted by atomic mass is 19.4. The summed E-state index contributed by atoms with van der Waals surface area (Å²) in [7, 11) is 0. The van der Waals surface area contributed by atoms with E-state index in [0.717, 1.165) is 43.6 Å². The molecule has 6 nitrogen and oxygen atoms in total. The second-order valence-corrected chi connectivity index (χ2v) is 9.49. The molecule has 0 saturated carbocycles. The van der Waals surface area contributed by atoms with E-state index in [-0.39, 0.29) is 6.04 Å². The summed E-state index contributed by atoms with van der Waals surface area (Å²) in [6.45, 7) is 3.75. The molecule has 0 spiro atoms. The van der Waals surface area contributed by atoms with Gasteiger partial charge in [-0.25, -0.2) is 9.97 Å². The Balaban J connectivity index is 1.56. The first-order chi connectivity index (χ1) is 18.4. The van der Waals surface area contributed by atoms with Crippen molar-refractivity contribution in [1.82, 2.24) is 20.2 Å². The molecule has 5 rings (SSSR count). The SMILES string of the molecule is C[C@H](Nc1nccc(-c2cc(N3CCCCCC3)nnc2-c2cccc(C(F)(F)F)c2)n1)c1ccccc1. The Labute approximate surface area is 220 Å². The van der Waals surface area contributed by atoms with Crippen LogP contribution in [0.5, 0.6) is 0 Å². The van der Waals surface area contributed by atoms with Crippen LogP contribution in [0.3, 0.4) is 0 Å². The molecule has 1 aliphatic heterocycles. The topological polar surface area (TPSA) is 66.8 Å². The predicted octanol–water partition coefficient (Wildman–Crippen LogP) is 7.17. The van der Waals surface area contributed by atoms with Crippen molar-refractivity contribution < 1.29 is 13.2 Å². The van der Waals surface area contributed by atoms with Crippen LogP contribution in [-0.4, -0.2) is 33.3 Å². The summed E-state index contributed by atoms with van der Waals surface area (Å²) >= 11 is 0. The van der Waals surface area contributed by atoms with Crippen molar-refractivity contribution in [2.24, 2.45) is 0 Å². The van der Waals surface area contributed by atoms with Gasteiger partial charge in [0.05, 0.1) is 17.3 Å². The quantitative estimate of drug-likeness (QED) is 0.292. The molecule has 9 heteroatoms. The second kappa shape index (κ2) is 11.2. The standard InChI is InChI=1S/C29H29F3N6/c1-20(21-10-5-4-6-11-21)34-28-33-15-14-25(35-28)24-19-26(38-16-7-2-3-8-17-38)36-37-27(24)22-12-9-13-23(18-22)29(30,31)32/h4-6,9-15,18-20H,2-3,7-8,16-17H2,1H3,(H,33,34,35)/t20-/m0/s1. The molecule has 0 unspecified atom stereocenters. The summed E-state index contributed by atoms with van der Waals surface area (Å²) in [4.78, 5) is 11.3. The Kier molecular flexibility index (Phi) is 7.53. The van der Waals surface area contributed by atoms with Gasteiger partial charge in [0.2, 0.25) is 5.95 Å². The zero-order chi connectivity index (χ0) is 26.5. The van der Waals surface area contributed by atoms with Gasteiger partial charge in [-0.3, -0.25) is 0 Å². The van der Waals surface area contributed by atoms with E-state index in [1.165, 1.54) is 18.9 Å². The average molecular weight is 519 g/mol. The molecule has 1 atom stereocenters. The number of hydrogen-bond donors (Lipinski definition) is 1. The number of rotatable bonds is 6. The summed E-state index contributed by atoms with van der Waals surface area (Å²) in [6.07, 6.45) is 1.63. The van der Waals surface area contributed by atoms with E-state index in [2.05, 4.69) is 25.4 Å². The van der Waals surface area contributed by atoms with E-state index >= 15 is 0 Å². The highest BCUT2D eigenvalue weighted by Gasteiger charge is 2.31. The maximum Gasteiger partial charge on any atom is 0.416 e. The van der Waals surface area contributed by atoms with Crippen molar-refractivity contribution in [3.05, 3.63) is 84.1 Å². The number of nitrogens with zero attached hydrogens (tertiary/aromatic N) is 5. The van der Waals surface area contributed by atoms with Gasteiger partial charge >= 0.3 is 6.18 Å². The maximum absolute atomic E-state index is 13.5. The summed E-state index contributed by atoms with van der Waals surface area (Å²) in [5.74, 6) is 1.12. The second-order valence-electron chi connectivity index (χ2n) is 9.49. The molecule has 4 aromatic rings. The molecule has 2 aromatic heterocycles. The Morgan fingerprint density at radius 1 is 0.868 bits per heavy atom. The number of halogens is 3. The largest absolute Gasteiger partial charge is 0.416 e. The van der Waals surface area contributed by atoms with Crippen molar-refractivity contribution in [3.8, 4) is 22.5 Å². The minimum Gasteiger partial charge on any atom is -0.355 e. The fourth-order valence-electron chi connectivity index (χ4n) is 4.68. The van der Waals surface area contributed by atoms with Crippen LogP contribution in [0.25, 0.3) is 22.5 Å². The molecular formula is C29H29F3N6. The zero-order valence-electron chi connectivity index (χ0n) is 21.1. The van der Waals surface area contributed by atoms with Crippen molar-refractivity contribution in [2.45, 2.75) is 44.8 Å². The summed E-state index contributed by atoms with van der Waals surface area (Å²) in [5.41, 5.74) is 2.18. The number of anilines is 2. The molecule has 38 heavy (non-hydrogen) atoms. The van der Waals surface area contributed by atoms with Crippen LogP contribution in [0.4, 0.5) is 24.9 Å². The average Bonchev–Trinajstić information content (AvgIpc) is 3.23. The van der Waals surface area contributed by atoms with Gasteiger partial charge in [0.25, 0.3) is 0 Å². The number of aromatic nitrogens is 4. The number of benzene rings is 2. The molecule has 1 N–H and O–H groups in total. The Morgan fingerprint density at radius 2 is 1.63 bits per heavy atom. The van der Waals surface area contributed by atoms with Gasteiger partial charge in [0.15, 0.2) is 5.82 Å². The van der Waals surface area contributed by atoms with E-state index in [9.17, 15) is 13.2 Å². The first kappa shape index (κ1) is 25.6. The highest BCUT2D eigenvalue weighted by molar-refractivity contribution is 5.81. The van der Waals surface area contributed by atoms with Crippen LogP contribution >= 0.6 is 0 Å². The van der Waals surface area contributed by atoms with Crippen LogP contribution < -0.4 is 10.2 Å². The van der Waals surface area contributed by atoms with Crippen molar-refractivity contribution in [1.29, 1.82) is 0 Å². The van der Waals surface area contributed by atoms with Gasteiger partial charge in [0.1, 0.15) is 5.69 Å². The molecular weight excluding hydrogens is 489 g/mol. The minimum atomic E-state index is -4.46. The van der Waals surface area contributed by atoms with Gasteiger partial charge in [0, 0.05) is 30.4 Å². The van der Waals surface area contributed by atoms with Gasteiger partial charge in [-0.1, -0.05) is 55.3 Å². The van der Waals surface area contributed by atoms with E-state index < -0.39 is 11.7 Å². The zero-order valence-corrected chi connectivity index (χ0v) is 21.1. The van der Waals surface area contributed by atoms with Crippen molar-refractivity contribution in [2.75, 3.05) is 23.3 Å². The molecule has 1 fully saturated rings. The third-order valence-electron chi connectivity index (χ3n) is 6.75. The third-order valence-corrected chi connectivity index (χ3v) is 6.75. The predicted molar refractivity (Wildman–Crippen MR) is 143 cm³/mol. The summed E-state index contributed by atoms with van der Waals surface area (Å²) in [5, 5.41) is 12.2. The monoisotopic (exact) mass is 518 g/mol. The van der Waals surface area contributed by atoms with Gasteiger partial charge in [-0.15, -0.1) is 10.2 Å². The van der Waals surface area contributed by atoms with Gasteiger partial charge in [-0.2, -0.15) is 13.2 Å². The Bertz CT molecular complexity index is 1370. The third kappa shape index (κ3) is 5.93. The molecule has 0 aliphatic carbocycles. The lowest BCUT2D eigenvalue weighted by Crippen LogP contribution is -2.25. The fourth-order valence-corrected chi connectivity index (χ4v) is 4.68. The molecule has 0 bridgehead atoms. The number of hydrogen-bond acceptors (Lipinski definition) is 6. The molecule has 3 heterocycles. The Hall–Kier alpha value is -4.01. The molecule has 1 aliphatic rings. The lowest BCUT2D eigenvalue weighted by atomic mass is 10.0. The summed E-state index contributed by atoms with van der Waals surface area (Å²) < 4.78 is 40.5. The first-order valence-corrected chi connectivity index (χ1v) is 12.8. The van der Waals surface area contributed by atoms with Crippen LogP contribution in [0.2, 0.25) is 0 Å². The molecule has 0 radical (unpaired) electrons. The minimum absolute atomic E-state index is 0.0439. The molecule has 0 amide bonds. The van der Waals surface area contributed by atoms with Crippen molar-refractivity contribution >= 4 is 11.8 Å². The lowest BCUT2D eigenvalue weighted by molar-refractivity contribution is -0.137. The van der Waals surface area contributed by atoms with Gasteiger partial charge < -0.3 is 10.2 Å². The number of alkyl halides is 3. The smallest absolute Gasteiger partial charge is 0.355 e. The fraction of sp³-hybridized carbons (Fsp3) is 0.310. The van der Waals surface area contributed by atoms with E-state index in [4.69, 9.17) is 4.98 Å². The van der Waals surface area contributed by atoms with Crippen LogP contribution in [0, 0.1) is 0 Å². The first-order valence-electron chi connectivity index (χ1n) is 12.8. The van der Waals surface area contributed by atoms with Crippen LogP contribution in [0.15, 0.2) is 72.9 Å². The van der Waals surface area contributed by atoms with E-state index in [1.54, 1.807) is 18.3 Å². The molecule has 2 aromatic carbocycles. The lowest BCUT2D eigenvalue weighted by Gasteiger charge is -2.22. The number of nitrogens with one attached hydrogen (secondary N) is 1. The van der Waals surface area contributed by atoms with E-state index in [1.807, 2.05) is 43.3 Å². The normalized spacial score (nSPS) is 15.1. The maximum atomic E-state index is 13.5. The Morgan fingerprint density at radius 3 is 2.37 bits per heavy atom. The van der Waals surface area contributed by atoms with Crippen molar-refractivity contribution in [3.63, 3.8) is 0 Å². The van der Waals surface area contributed by atoms with Crippen LogP contribution in [0.1, 0.15) is 49.8 Å². The van der Waals surface area contributed by atoms with Gasteiger partial charge in [-0.05, 0) is 49.6 Å². The molecule has 196 valence electrons. The summed E-state index contributed by atoms with van der Waals surface area (Å²) in [6, 6.07) is 18.7.